The zero-order valence-electron chi connectivity index (χ0n) is 11.5. The highest BCUT2D eigenvalue weighted by atomic mass is 16.5. The van der Waals surface area contributed by atoms with E-state index in [9.17, 15) is 0 Å². The molecule has 1 aromatic rings. The van der Waals surface area contributed by atoms with Crippen LogP contribution < -0.4 is 19.5 Å². The third-order valence-corrected chi connectivity index (χ3v) is 2.55. The Hall–Kier alpha value is -1.42. The van der Waals surface area contributed by atoms with Crippen LogP contribution in [0.3, 0.4) is 0 Å². The van der Waals surface area contributed by atoms with Crippen molar-refractivity contribution in [1.29, 1.82) is 0 Å². The molecule has 0 aliphatic heterocycles. The zero-order chi connectivity index (χ0) is 13.2. The van der Waals surface area contributed by atoms with Gasteiger partial charge in [-0.25, -0.2) is 0 Å². The van der Waals surface area contributed by atoms with Gasteiger partial charge in [-0.15, -0.1) is 0 Å². The largest absolute Gasteiger partial charge is 0.493 e. The fraction of sp³-hybridized carbons (Fsp3) is 0.571. The zero-order valence-corrected chi connectivity index (χ0v) is 11.5. The Balaban J connectivity index is 2.45. The summed E-state index contributed by atoms with van der Waals surface area (Å²) in [5.74, 6) is 2.09. The quantitative estimate of drug-likeness (QED) is 0.686. The van der Waals surface area contributed by atoms with Gasteiger partial charge in [0, 0.05) is 0 Å². The highest BCUT2D eigenvalue weighted by molar-refractivity contribution is 5.51. The van der Waals surface area contributed by atoms with Crippen molar-refractivity contribution in [2.75, 3.05) is 33.9 Å². The Bertz CT molecular complexity index is 320. The minimum atomic E-state index is 0.646. The standard InChI is InChI=1S/C14H23NO3/c1-4-9-15-10-6-11-18-14-12(16-2)7-5-8-13(14)17-3/h5,7-8,15H,4,6,9-11H2,1-3H3. The van der Waals surface area contributed by atoms with Crippen molar-refractivity contribution < 1.29 is 14.2 Å². The maximum Gasteiger partial charge on any atom is 0.203 e. The number of rotatable bonds is 9. The Morgan fingerprint density at radius 3 is 2.28 bits per heavy atom. The fourth-order valence-corrected chi connectivity index (χ4v) is 1.63. The summed E-state index contributed by atoms with van der Waals surface area (Å²) in [7, 11) is 3.26. The minimum Gasteiger partial charge on any atom is -0.493 e. The predicted octanol–water partition coefficient (Wildman–Crippen LogP) is 2.47. The van der Waals surface area contributed by atoms with E-state index in [1.54, 1.807) is 14.2 Å². The molecule has 0 amide bonds. The first kappa shape index (κ1) is 14.6. The maximum absolute atomic E-state index is 5.74. The first-order valence-corrected chi connectivity index (χ1v) is 6.38. The molecule has 18 heavy (non-hydrogen) atoms. The molecule has 0 fully saturated rings. The number of methoxy groups -OCH3 is 2. The number of hydrogen-bond donors (Lipinski definition) is 1. The van der Waals surface area contributed by atoms with E-state index in [0.717, 1.165) is 25.9 Å². The molecule has 0 aliphatic rings. The van der Waals surface area contributed by atoms with Gasteiger partial charge in [0.05, 0.1) is 20.8 Å². The summed E-state index contributed by atoms with van der Waals surface area (Å²) >= 11 is 0. The van der Waals surface area contributed by atoms with E-state index >= 15 is 0 Å². The van der Waals surface area contributed by atoms with E-state index in [-0.39, 0.29) is 0 Å². The lowest BCUT2D eigenvalue weighted by molar-refractivity contribution is 0.269. The molecular formula is C14H23NO3. The van der Waals surface area contributed by atoms with Gasteiger partial charge in [-0.05, 0) is 38.1 Å². The van der Waals surface area contributed by atoms with Crippen molar-refractivity contribution in [2.24, 2.45) is 0 Å². The van der Waals surface area contributed by atoms with Gasteiger partial charge in [0.2, 0.25) is 5.75 Å². The maximum atomic E-state index is 5.74. The predicted molar refractivity (Wildman–Crippen MR) is 72.8 cm³/mol. The molecule has 4 nitrogen and oxygen atoms in total. The van der Waals surface area contributed by atoms with Crippen molar-refractivity contribution in [2.45, 2.75) is 19.8 Å². The smallest absolute Gasteiger partial charge is 0.203 e. The number of hydrogen-bond acceptors (Lipinski definition) is 4. The van der Waals surface area contributed by atoms with E-state index in [2.05, 4.69) is 12.2 Å². The van der Waals surface area contributed by atoms with Crippen molar-refractivity contribution in [3.8, 4) is 17.2 Å². The van der Waals surface area contributed by atoms with Gasteiger partial charge >= 0.3 is 0 Å². The normalized spacial score (nSPS) is 10.2. The van der Waals surface area contributed by atoms with Gasteiger partial charge in [0.1, 0.15) is 0 Å². The van der Waals surface area contributed by atoms with Crippen LogP contribution in [-0.4, -0.2) is 33.9 Å². The molecule has 0 saturated heterocycles. The lowest BCUT2D eigenvalue weighted by Crippen LogP contribution is -2.18. The molecule has 0 bridgehead atoms. The first-order chi connectivity index (χ1) is 8.83. The molecule has 0 radical (unpaired) electrons. The van der Waals surface area contributed by atoms with Gasteiger partial charge in [0.15, 0.2) is 11.5 Å². The molecule has 0 saturated carbocycles. The highest BCUT2D eigenvalue weighted by Gasteiger charge is 2.10. The summed E-state index contributed by atoms with van der Waals surface area (Å²) in [6.45, 7) is 4.82. The van der Waals surface area contributed by atoms with Crippen molar-refractivity contribution >= 4 is 0 Å². The topological polar surface area (TPSA) is 39.7 Å². The molecule has 0 aliphatic carbocycles. The van der Waals surface area contributed by atoms with Crippen LogP contribution in [0, 0.1) is 0 Å². The van der Waals surface area contributed by atoms with Gasteiger partial charge in [-0.2, -0.15) is 0 Å². The summed E-state index contributed by atoms with van der Waals surface area (Å²) in [5, 5.41) is 3.34. The van der Waals surface area contributed by atoms with Crippen LogP contribution in [0.25, 0.3) is 0 Å². The molecule has 0 atom stereocenters. The first-order valence-electron chi connectivity index (χ1n) is 6.38. The number of para-hydroxylation sites is 1. The van der Waals surface area contributed by atoms with E-state index < -0.39 is 0 Å². The minimum absolute atomic E-state index is 0.646. The lowest BCUT2D eigenvalue weighted by Gasteiger charge is -2.14. The molecule has 1 N–H and O–H groups in total. The van der Waals surface area contributed by atoms with E-state index in [1.165, 1.54) is 0 Å². The van der Waals surface area contributed by atoms with Gasteiger partial charge in [0.25, 0.3) is 0 Å². The highest BCUT2D eigenvalue weighted by Crippen LogP contribution is 2.36. The van der Waals surface area contributed by atoms with Crippen molar-refractivity contribution in [3.63, 3.8) is 0 Å². The summed E-state index contributed by atoms with van der Waals surface area (Å²) < 4.78 is 16.3. The molecule has 1 rings (SSSR count). The van der Waals surface area contributed by atoms with Crippen molar-refractivity contribution in [1.82, 2.24) is 5.32 Å². The Morgan fingerprint density at radius 2 is 1.72 bits per heavy atom. The number of ether oxygens (including phenoxy) is 3. The average molecular weight is 253 g/mol. The second-order valence-corrected chi connectivity index (χ2v) is 3.94. The van der Waals surface area contributed by atoms with Crippen LogP contribution in [0.15, 0.2) is 18.2 Å². The van der Waals surface area contributed by atoms with Crippen LogP contribution in [-0.2, 0) is 0 Å². The SMILES string of the molecule is CCCNCCCOc1c(OC)cccc1OC. The summed E-state index contributed by atoms with van der Waals surface area (Å²) in [6.07, 6.45) is 2.11. The third-order valence-electron chi connectivity index (χ3n) is 2.55. The van der Waals surface area contributed by atoms with Gasteiger partial charge in [-0.3, -0.25) is 0 Å². The molecule has 102 valence electrons. The van der Waals surface area contributed by atoms with E-state index in [4.69, 9.17) is 14.2 Å². The number of nitrogens with one attached hydrogen (secondary N) is 1. The van der Waals surface area contributed by atoms with Gasteiger partial charge < -0.3 is 19.5 Å². The molecule has 1 aromatic carbocycles. The van der Waals surface area contributed by atoms with Gasteiger partial charge in [-0.1, -0.05) is 13.0 Å². The second kappa shape index (κ2) is 8.64. The second-order valence-electron chi connectivity index (χ2n) is 3.94. The Labute approximate surface area is 109 Å². The summed E-state index contributed by atoms with van der Waals surface area (Å²) in [6, 6.07) is 5.62. The lowest BCUT2D eigenvalue weighted by atomic mass is 10.3. The third kappa shape index (κ3) is 4.45. The Kier molecular flexibility index (Phi) is 7.03. The van der Waals surface area contributed by atoms with Crippen molar-refractivity contribution in [3.05, 3.63) is 18.2 Å². The van der Waals surface area contributed by atoms with E-state index in [1.807, 2.05) is 18.2 Å². The number of benzene rings is 1. The molecule has 4 heteroatoms. The van der Waals surface area contributed by atoms with Crippen LogP contribution in [0.1, 0.15) is 19.8 Å². The van der Waals surface area contributed by atoms with E-state index in [0.29, 0.717) is 23.9 Å². The summed E-state index contributed by atoms with van der Waals surface area (Å²) in [5.41, 5.74) is 0. The van der Waals surface area contributed by atoms with Crippen LogP contribution in [0.4, 0.5) is 0 Å². The van der Waals surface area contributed by atoms with Crippen LogP contribution >= 0.6 is 0 Å². The molecule has 0 aromatic heterocycles. The molecule has 0 spiro atoms. The molecular weight excluding hydrogens is 230 g/mol. The Morgan fingerprint density at radius 1 is 1.06 bits per heavy atom. The van der Waals surface area contributed by atoms with Crippen LogP contribution in [0.5, 0.6) is 17.2 Å². The molecule has 0 unspecified atom stereocenters. The monoisotopic (exact) mass is 253 g/mol. The van der Waals surface area contributed by atoms with Crippen LogP contribution in [0.2, 0.25) is 0 Å². The molecule has 0 heterocycles. The summed E-state index contributed by atoms with van der Waals surface area (Å²) in [4.78, 5) is 0. The fourth-order valence-electron chi connectivity index (χ4n) is 1.63. The average Bonchev–Trinajstić information content (AvgIpc) is 2.42.